The normalized spacial score (nSPS) is 25.4. The first-order valence-electron chi connectivity index (χ1n) is 8.74. The van der Waals surface area contributed by atoms with Gasteiger partial charge in [0.15, 0.2) is 17.3 Å². The number of ether oxygens (including phenoxy) is 3. The van der Waals surface area contributed by atoms with E-state index in [4.69, 9.17) is 14.2 Å². The van der Waals surface area contributed by atoms with Gasteiger partial charge in [0.2, 0.25) is 6.79 Å². The predicted molar refractivity (Wildman–Crippen MR) is 99.9 cm³/mol. The number of fused-ring (bicyclic) bond motifs is 4. The highest BCUT2D eigenvalue weighted by Crippen LogP contribution is 2.52. The van der Waals surface area contributed by atoms with Crippen LogP contribution >= 0.6 is 15.9 Å². The monoisotopic (exact) mass is 415 g/mol. The summed E-state index contributed by atoms with van der Waals surface area (Å²) in [5.74, 6) is 1.91. The largest absolute Gasteiger partial charge is 0.454 e. The van der Waals surface area contributed by atoms with Crippen LogP contribution in [-0.2, 0) is 4.74 Å². The summed E-state index contributed by atoms with van der Waals surface area (Å²) in [5.41, 5.74) is 3.96. The maximum absolute atomic E-state index is 11.8. The summed E-state index contributed by atoms with van der Waals surface area (Å²) in [6, 6.07) is 9.94. The van der Waals surface area contributed by atoms with Gasteiger partial charge in [0.25, 0.3) is 0 Å². The summed E-state index contributed by atoms with van der Waals surface area (Å²) in [7, 11) is 0. The molecule has 0 radical (unpaired) electrons. The predicted octanol–water partition coefficient (Wildman–Crippen LogP) is 4.62. The van der Waals surface area contributed by atoms with Crippen molar-refractivity contribution in [1.82, 2.24) is 0 Å². The molecule has 1 N–H and O–H groups in total. The first-order valence-corrected chi connectivity index (χ1v) is 9.53. The van der Waals surface area contributed by atoms with Crippen LogP contribution in [0.4, 0.5) is 5.69 Å². The number of ketones is 1. The average molecular weight is 416 g/mol. The Hall–Kier alpha value is -2.05. The van der Waals surface area contributed by atoms with Crippen LogP contribution in [0.15, 0.2) is 34.8 Å². The molecule has 3 aliphatic heterocycles. The Morgan fingerprint density at radius 3 is 2.77 bits per heavy atom. The number of hydrogen-bond acceptors (Lipinski definition) is 5. The highest BCUT2D eigenvalue weighted by atomic mass is 79.9. The standard InChI is InChI=1S/C20H18BrNO4/c1-10(23)11-2-3-16-14(6-11)20-12(4-5-24-20)19(22-16)13-7-17-18(8-15(13)21)26-9-25-17/h2-3,6-8,12,19-20,22H,4-5,9H2,1H3/t12-,19+,20-/m0/s1. The highest BCUT2D eigenvalue weighted by Gasteiger charge is 2.42. The van der Waals surface area contributed by atoms with Crippen molar-refractivity contribution in [3.05, 3.63) is 51.5 Å². The van der Waals surface area contributed by atoms with Gasteiger partial charge >= 0.3 is 0 Å². The van der Waals surface area contributed by atoms with Crippen LogP contribution in [-0.4, -0.2) is 19.2 Å². The van der Waals surface area contributed by atoms with Gasteiger partial charge in [-0.1, -0.05) is 15.9 Å². The molecule has 5 rings (SSSR count). The van der Waals surface area contributed by atoms with Gasteiger partial charge in [-0.15, -0.1) is 0 Å². The second-order valence-corrected chi connectivity index (χ2v) is 7.81. The van der Waals surface area contributed by atoms with Crippen molar-refractivity contribution in [2.24, 2.45) is 5.92 Å². The summed E-state index contributed by atoms with van der Waals surface area (Å²) < 4.78 is 18.1. The molecule has 2 aromatic rings. The SMILES string of the molecule is CC(=O)c1ccc2c(c1)[C@H]1OCC[C@H]1[C@H](c1cc3c(cc1Br)OCO3)N2. The van der Waals surface area contributed by atoms with E-state index in [2.05, 4.69) is 21.2 Å². The zero-order valence-corrected chi connectivity index (χ0v) is 15.8. The Morgan fingerprint density at radius 1 is 1.15 bits per heavy atom. The van der Waals surface area contributed by atoms with Crippen molar-refractivity contribution in [3.63, 3.8) is 0 Å². The van der Waals surface area contributed by atoms with Crippen LogP contribution in [0, 0.1) is 5.92 Å². The van der Waals surface area contributed by atoms with Gasteiger partial charge in [-0.25, -0.2) is 0 Å². The second-order valence-electron chi connectivity index (χ2n) is 6.95. The van der Waals surface area contributed by atoms with Crippen molar-refractivity contribution in [2.75, 3.05) is 18.7 Å². The molecule has 26 heavy (non-hydrogen) atoms. The number of hydrogen-bond donors (Lipinski definition) is 1. The topological polar surface area (TPSA) is 56.8 Å². The molecule has 0 unspecified atom stereocenters. The average Bonchev–Trinajstić information content (AvgIpc) is 3.29. The minimum Gasteiger partial charge on any atom is -0.454 e. The zero-order valence-electron chi connectivity index (χ0n) is 14.3. The van der Waals surface area contributed by atoms with Crippen molar-refractivity contribution in [1.29, 1.82) is 0 Å². The maximum atomic E-state index is 11.8. The Bertz CT molecular complexity index is 913. The first-order chi connectivity index (χ1) is 12.6. The summed E-state index contributed by atoms with van der Waals surface area (Å²) in [5, 5.41) is 3.67. The number of rotatable bonds is 2. The summed E-state index contributed by atoms with van der Waals surface area (Å²) in [6.45, 7) is 2.58. The molecular weight excluding hydrogens is 398 g/mol. The zero-order chi connectivity index (χ0) is 17.8. The van der Waals surface area contributed by atoms with Gasteiger partial charge in [-0.05, 0) is 49.2 Å². The lowest BCUT2D eigenvalue weighted by atomic mass is 9.80. The lowest BCUT2D eigenvalue weighted by molar-refractivity contribution is 0.0827. The molecule has 0 saturated carbocycles. The number of carbonyl (C=O) groups excluding carboxylic acids is 1. The molecule has 134 valence electrons. The molecular formula is C20H18BrNO4. The summed E-state index contributed by atoms with van der Waals surface area (Å²) >= 11 is 3.69. The van der Waals surface area contributed by atoms with E-state index in [0.29, 0.717) is 5.92 Å². The minimum absolute atomic E-state index is 0.00660. The van der Waals surface area contributed by atoms with Crippen LogP contribution in [0.25, 0.3) is 0 Å². The van der Waals surface area contributed by atoms with Gasteiger partial charge in [-0.3, -0.25) is 4.79 Å². The molecule has 1 fully saturated rings. The highest BCUT2D eigenvalue weighted by molar-refractivity contribution is 9.10. The Balaban J connectivity index is 1.59. The van der Waals surface area contributed by atoms with Gasteiger partial charge in [0.05, 0.1) is 12.1 Å². The number of carbonyl (C=O) groups is 1. The van der Waals surface area contributed by atoms with Gasteiger partial charge in [-0.2, -0.15) is 0 Å². The number of anilines is 1. The van der Waals surface area contributed by atoms with Crippen LogP contribution in [0.2, 0.25) is 0 Å². The fourth-order valence-electron chi connectivity index (χ4n) is 4.17. The van der Waals surface area contributed by atoms with E-state index in [0.717, 1.165) is 51.4 Å². The maximum Gasteiger partial charge on any atom is 0.231 e. The fraction of sp³-hybridized carbons (Fsp3) is 0.350. The van der Waals surface area contributed by atoms with E-state index in [1.807, 2.05) is 30.3 Å². The van der Waals surface area contributed by atoms with Crippen molar-refractivity contribution in [3.8, 4) is 11.5 Å². The van der Waals surface area contributed by atoms with E-state index in [1.165, 1.54) is 0 Å². The molecule has 1 saturated heterocycles. The fourth-order valence-corrected chi connectivity index (χ4v) is 4.74. The lowest BCUT2D eigenvalue weighted by Crippen LogP contribution is -2.29. The number of nitrogens with one attached hydrogen (secondary N) is 1. The van der Waals surface area contributed by atoms with Gasteiger partial charge in [0.1, 0.15) is 0 Å². The molecule has 0 aromatic heterocycles. The molecule has 6 heteroatoms. The minimum atomic E-state index is -0.00660. The molecule has 0 amide bonds. The third-order valence-corrected chi connectivity index (χ3v) is 6.15. The molecule has 3 atom stereocenters. The van der Waals surface area contributed by atoms with Crippen LogP contribution in [0.1, 0.15) is 47.0 Å². The van der Waals surface area contributed by atoms with E-state index in [-0.39, 0.29) is 24.7 Å². The lowest BCUT2D eigenvalue weighted by Gasteiger charge is -2.37. The second kappa shape index (κ2) is 5.99. The van der Waals surface area contributed by atoms with Crippen LogP contribution < -0.4 is 14.8 Å². The van der Waals surface area contributed by atoms with E-state index in [9.17, 15) is 4.79 Å². The number of halogens is 1. The Kier molecular flexibility index (Phi) is 3.72. The molecule has 0 bridgehead atoms. The molecule has 2 aromatic carbocycles. The van der Waals surface area contributed by atoms with Gasteiger partial charge < -0.3 is 19.5 Å². The van der Waals surface area contributed by atoms with Crippen LogP contribution in [0.5, 0.6) is 11.5 Å². The molecule has 3 aliphatic rings. The molecule has 5 nitrogen and oxygen atoms in total. The Labute approximate surface area is 159 Å². The number of Topliss-reactive ketones (excluding diaryl/α,β-unsaturated/α-hetero) is 1. The smallest absolute Gasteiger partial charge is 0.231 e. The van der Waals surface area contributed by atoms with E-state index < -0.39 is 0 Å². The van der Waals surface area contributed by atoms with E-state index >= 15 is 0 Å². The summed E-state index contributed by atoms with van der Waals surface area (Å²) in [6.07, 6.45) is 0.959. The van der Waals surface area contributed by atoms with Gasteiger partial charge in [0, 0.05) is 33.8 Å². The van der Waals surface area contributed by atoms with Crippen LogP contribution in [0.3, 0.4) is 0 Å². The summed E-state index contributed by atoms with van der Waals surface area (Å²) in [4.78, 5) is 11.8. The third-order valence-electron chi connectivity index (χ3n) is 5.47. The molecule has 3 heterocycles. The Morgan fingerprint density at radius 2 is 1.96 bits per heavy atom. The quantitative estimate of drug-likeness (QED) is 0.724. The first kappa shape index (κ1) is 16.1. The van der Waals surface area contributed by atoms with Crippen molar-refractivity contribution in [2.45, 2.75) is 25.5 Å². The van der Waals surface area contributed by atoms with Crippen molar-refractivity contribution < 1.29 is 19.0 Å². The number of benzene rings is 2. The molecule has 0 aliphatic carbocycles. The third kappa shape index (κ3) is 2.43. The molecule has 0 spiro atoms. The van der Waals surface area contributed by atoms with E-state index in [1.54, 1.807) is 6.92 Å². The van der Waals surface area contributed by atoms with Crippen molar-refractivity contribution >= 4 is 27.4 Å².